The number of nitrogens with one attached hydrogen (secondary N) is 2. The summed E-state index contributed by atoms with van der Waals surface area (Å²) in [5.74, 6) is -1.24. The van der Waals surface area contributed by atoms with Crippen LogP contribution in [0.1, 0.15) is 15.2 Å². The summed E-state index contributed by atoms with van der Waals surface area (Å²) in [5, 5.41) is 8.68. The topological polar surface area (TPSA) is 95.5 Å². The van der Waals surface area contributed by atoms with E-state index in [2.05, 4.69) is 0 Å². The number of carbonyl (C=O) groups is 1. The van der Waals surface area contributed by atoms with Crippen LogP contribution in [-0.2, 0) is 10.2 Å². The van der Waals surface area contributed by atoms with Crippen molar-refractivity contribution in [3.8, 4) is 0 Å². The van der Waals surface area contributed by atoms with Crippen LogP contribution in [0.15, 0.2) is 6.07 Å². The molecule has 0 spiro atoms. The summed E-state index contributed by atoms with van der Waals surface area (Å²) in [6.07, 6.45) is -4.67. The lowest BCUT2D eigenvalue weighted by Crippen LogP contribution is -2.37. The van der Waals surface area contributed by atoms with E-state index in [-0.39, 0.29) is 9.88 Å². The van der Waals surface area contributed by atoms with E-state index in [1.54, 1.807) is 0 Å². The second-order valence-corrected chi connectivity index (χ2v) is 6.02. The molecule has 6 nitrogen and oxygen atoms in total. The maximum absolute atomic E-state index is 11.9. The van der Waals surface area contributed by atoms with Crippen LogP contribution in [-0.4, -0.2) is 32.2 Å². The summed E-state index contributed by atoms with van der Waals surface area (Å²) in [5.41, 5.74) is 0.311. The summed E-state index contributed by atoms with van der Waals surface area (Å²) in [7, 11) is -4.40. The van der Waals surface area contributed by atoms with E-state index in [0.717, 1.165) is 0 Å². The first kappa shape index (κ1) is 15.7. The molecule has 0 aromatic carbocycles. The third-order valence-electron chi connectivity index (χ3n) is 1.81. The number of rotatable bonds is 5. The number of hydrogen-bond acceptors (Lipinski definition) is 4. The highest BCUT2D eigenvalue weighted by molar-refractivity contribution is 7.91. The molecule has 3 N–H and O–H groups in total. The van der Waals surface area contributed by atoms with Gasteiger partial charge in [0.25, 0.3) is 10.2 Å². The van der Waals surface area contributed by atoms with E-state index in [1.807, 2.05) is 4.72 Å². The Bertz CT molecular complexity index is 579. The Morgan fingerprint density at radius 2 is 2.05 bits per heavy atom. The Labute approximate surface area is 110 Å². The van der Waals surface area contributed by atoms with Gasteiger partial charge in [0.2, 0.25) is 0 Å². The van der Waals surface area contributed by atoms with E-state index < -0.39 is 28.9 Å². The second kappa shape index (κ2) is 5.35. The van der Waals surface area contributed by atoms with E-state index in [1.165, 1.54) is 17.7 Å². The van der Waals surface area contributed by atoms with Crippen LogP contribution in [0.25, 0.3) is 0 Å². The van der Waals surface area contributed by atoms with Crippen molar-refractivity contribution < 1.29 is 31.5 Å². The van der Waals surface area contributed by atoms with Gasteiger partial charge in [-0.2, -0.15) is 26.3 Å². The average molecular weight is 318 g/mol. The molecule has 1 heterocycles. The molecule has 1 aromatic rings. The van der Waals surface area contributed by atoms with Crippen molar-refractivity contribution in [2.24, 2.45) is 0 Å². The minimum atomic E-state index is -4.67. The van der Waals surface area contributed by atoms with Crippen molar-refractivity contribution in [2.45, 2.75) is 13.1 Å². The molecule has 0 saturated carbocycles. The van der Waals surface area contributed by atoms with Crippen LogP contribution in [0.4, 0.5) is 18.2 Å². The van der Waals surface area contributed by atoms with Gasteiger partial charge < -0.3 is 5.11 Å². The number of thiophene rings is 1. The maximum atomic E-state index is 11.9. The van der Waals surface area contributed by atoms with Gasteiger partial charge in [0, 0.05) is 0 Å². The van der Waals surface area contributed by atoms with Crippen molar-refractivity contribution >= 4 is 32.5 Å². The molecule has 19 heavy (non-hydrogen) atoms. The van der Waals surface area contributed by atoms with Crippen LogP contribution >= 0.6 is 11.3 Å². The van der Waals surface area contributed by atoms with Crippen molar-refractivity contribution in [3.63, 3.8) is 0 Å². The van der Waals surface area contributed by atoms with Crippen molar-refractivity contribution in [2.75, 3.05) is 11.3 Å². The number of carboxylic acids is 1. The molecule has 0 aliphatic carbocycles. The summed E-state index contributed by atoms with van der Waals surface area (Å²) >= 11 is 0.617. The van der Waals surface area contributed by atoms with Crippen LogP contribution in [0.3, 0.4) is 0 Å². The Balaban J connectivity index is 2.79. The smallest absolute Gasteiger partial charge is 0.402 e. The molecule has 0 amide bonds. The number of halogens is 3. The second-order valence-electron chi connectivity index (χ2n) is 3.47. The SMILES string of the molecule is Cc1cc(NS(=O)(=O)NCC(F)(F)F)sc1C(=O)O. The van der Waals surface area contributed by atoms with Gasteiger partial charge in [-0.1, -0.05) is 0 Å². The van der Waals surface area contributed by atoms with Crippen LogP contribution in [0.5, 0.6) is 0 Å². The van der Waals surface area contributed by atoms with Crippen molar-refractivity contribution in [1.82, 2.24) is 4.72 Å². The largest absolute Gasteiger partial charge is 0.477 e. The zero-order chi connectivity index (χ0) is 14.8. The molecule has 11 heteroatoms. The maximum Gasteiger partial charge on any atom is 0.402 e. The number of hydrogen-bond donors (Lipinski definition) is 3. The highest BCUT2D eigenvalue weighted by atomic mass is 32.2. The predicted octanol–water partition coefficient (Wildman–Crippen LogP) is 1.56. The van der Waals surface area contributed by atoms with Gasteiger partial charge >= 0.3 is 12.1 Å². The fraction of sp³-hybridized carbons (Fsp3) is 0.375. The predicted molar refractivity (Wildman–Crippen MR) is 62.6 cm³/mol. The normalized spacial score (nSPS) is 12.4. The van der Waals surface area contributed by atoms with E-state index in [4.69, 9.17) is 5.11 Å². The molecule has 0 atom stereocenters. The molecular weight excluding hydrogens is 309 g/mol. The Kier molecular flexibility index (Phi) is 4.43. The third-order valence-corrected chi connectivity index (χ3v) is 4.09. The summed E-state index contributed by atoms with van der Waals surface area (Å²) in [6.45, 7) is -0.265. The first-order chi connectivity index (χ1) is 8.50. The van der Waals surface area contributed by atoms with Gasteiger partial charge in [-0.25, -0.2) is 4.79 Å². The lowest BCUT2D eigenvalue weighted by atomic mass is 10.3. The fourth-order valence-corrected chi connectivity index (χ4v) is 3.10. The van der Waals surface area contributed by atoms with E-state index in [9.17, 15) is 26.4 Å². The number of aryl methyl sites for hydroxylation is 1. The molecule has 108 valence electrons. The van der Waals surface area contributed by atoms with E-state index >= 15 is 0 Å². The third kappa shape index (κ3) is 5.04. The van der Waals surface area contributed by atoms with E-state index in [0.29, 0.717) is 16.9 Å². The monoisotopic (exact) mass is 318 g/mol. The minimum Gasteiger partial charge on any atom is -0.477 e. The molecule has 1 aromatic heterocycles. The van der Waals surface area contributed by atoms with Gasteiger partial charge in [0.05, 0.1) is 0 Å². The Hall–Kier alpha value is -1.33. The first-order valence-electron chi connectivity index (χ1n) is 4.68. The van der Waals surface area contributed by atoms with Gasteiger partial charge in [-0.3, -0.25) is 4.72 Å². The summed E-state index contributed by atoms with van der Waals surface area (Å²) in [6, 6.07) is 1.22. The Morgan fingerprint density at radius 3 is 2.47 bits per heavy atom. The highest BCUT2D eigenvalue weighted by Gasteiger charge is 2.29. The van der Waals surface area contributed by atoms with Crippen LogP contribution in [0.2, 0.25) is 0 Å². The fourth-order valence-electron chi connectivity index (χ4n) is 1.09. The zero-order valence-electron chi connectivity index (χ0n) is 9.41. The number of anilines is 1. The van der Waals surface area contributed by atoms with Gasteiger partial charge in [-0.05, 0) is 18.6 Å². The lowest BCUT2D eigenvalue weighted by Gasteiger charge is -2.09. The molecule has 0 aliphatic heterocycles. The van der Waals surface area contributed by atoms with Gasteiger partial charge in [0.15, 0.2) is 0 Å². The van der Waals surface area contributed by atoms with Gasteiger partial charge in [0.1, 0.15) is 16.4 Å². The highest BCUT2D eigenvalue weighted by Crippen LogP contribution is 2.27. The number of carboxylic acid groups (broad SMARTS) is 1. The minimum absolute atomic E-state index is 0.0791. The summed E-state index contributed by atoms with van der Waals surface area (Å²) < 4.78 is 61.3. The number of aromatic carboxylic acids is 1. The summed E-state index contributed by atoms with van der Waals surface area (Å²) in [4.78, 5) is 10.6. The molecule has 0 fully saturated rings. The first-order valence-corrected chi connectivity index (χ1v) is 6.98. The van der Waals surface area contributed by atoms with Gasteiger partial charge in [-0.15, -0.1) is 11.3 Å². The molecular formula is C8H9F3N2O4S2. The standard InChI is InChI=1S/C8H9F3N2O4S2/c1-4-2-5(18-6(4)7(14)15)13-19(16,17)12-3-8(9,10)11/h2,12-13H,3H2,1H3,(H,14,15). The molecule has 0 radical (unpaired) electrons. The van der Waals surface area contributed by atoms with Crippen LogP contribution in [0, 0.1) is 6.92 Å². The van der Waals surface area contributed by atoms with Crippen LogP contribution < -0.4 is 9.44 Å². The van der Waals surface area contributed by atoms with Crippen molar-refractivity contribution in [1.29, 1.82) is 0 Å². The lowest BCUT2D eigenvalue weighted by molar-refractivity contribution is -0.121. The Morgan fingerprint density at radius 1 is 1.47 bits per heavy atom. The molecule has 0 saturated heterocycles. The quantitative estimate of drug-likeness (QED) is 0.768. The number of alkyl halides is 3. The average Bonchev–Trinajstić information content (AvgIpc) is 2.55. The molecule has 0 unspecified atom stereocenters. The molecule has 0 aliphatic rings. The molecule has 0 bridgehead atoms. The van der Waals surface area contributed by atoms with Crippen molar-refractivity contribution in [3.05, 3.63) is 16.5 Å². The molecule has 1 rings (SSSR count). The zero-order valence-corrected chi connectivity index (χ0v) is 11.0.